The van der Waals surface area contributed by atoms with Gasteiger partial charge in [0.2, 0.25) is 6.79 Å². The minimum atomic E-state index is 0.260. The topological polar surface area (TPSA) is 55.9 Å². The normalized spacial score (nSPS) is 20.5. The van der Waals surface area contributed by atoms with Crippen LogP contribution in [0.25, 0.3) is 10.6 Å². The summed E-state index contributed by atoms with van der Waals surface area (Å²) in [5.41, 5.74) is 2.12. The third kappa shape index (κ3) is 3.54. The Labute approximate surface area is 145 Å². The molecular formula is C17H21N3O3S. The first kappa shape index (κ1) is 15.8. The number of benzene rings is 1. The summed E-state index contributed by atoms with van der Waals surface area (Å²) in [7, 11) is 2.13. The molecule has 1 aromatic heterocycles. The maximum absolute atomic E-state index is 5.76. The molecule has 0 amide bonds. The number of fused-ring (bicyclic) bond motifs is 1. The number of hydrogen-bond donors (Lipinski definition) is 1. The Hall–Kier alpha value is -1.67. The molecule has 128 valence electrons. The molecule has 1 fully saturated rings. The summed E-state index contributed by atoms with van der Waals surface area (Å²) in [6, 6.07) is 5.95. The van der Waals surface area contributed by atoms with Gasteiger partial charge in [-0.15, -0.1) is 11.3 Å². The molecule has 4 rings (SSSR count). The lowest BCUT2D eigenvalue weighted by atomic mass is 10.2. The van der Waals surface area contributed by atoms with Crippen LogP contribution in [0.3, 0.4) is 0 Å². The molecule has 0 spiro atoms. The van der Waals surface area contributed by atoms with Crippen molar-refractivity contribution in [1.29, 1.82) is 0 Å². The Morgan fingerprint density at radius 2 is 2.25 bits per heavy atom. The number of rotatable bonds is 5. The number of likely N-dealkylation sites (N-methyl/N-ethyl adjacent to an activating group) is 1. The molecule has 3 heterocycles. The maximum Gasteiger partial charge on any atom is 0.231 e. The molecule has 2 aliphatic rings. The summed E-state index contributed by atoms with van der Waals surface area (Å²) < 4.78 is 16.5. The highest BCUT2D eigenvalue weighted by molar-refractivity contribution is 7.13. The highest BCUT2D eigenvalue weighted by Gasteiger charge is 2.18. The van der Waals surface area contributed by atoms with Gasteiger partial charge in [0, 0.05) is 37.1 Å². The summed E-state index contributed by atoms with van der Waals surface area (Å²) in [6.07, 6.45) is 0.260. The van der Waals surface area contributed by atoms with E-state index < -0.39 is 0 Å². The molecule has 2 aliphatic heterocycles. The quantitative estimate of drug-likeness (QED) is 0.892. The molecule has 1 atom stereocenters. The van der Waals surface area contributed by atoms with E-state index in [4.69, 9.17) is 19.2 Å². The lowest BCUT2D eigenvalue weighted by Crippen LogP contribution is -2.44. The van der Waals surface area contributed by atoms with E-state index in [9.17, 15) is 0 Å². The van der Waals surface area contributed by atoms with Crippen molar-refractivity contribution < 1.29 is 14.2 Å². The molecule has 0 saturated carbocycles. The smallest absolute Gasteiger partial charge is 0.231 e. The molecule has 0 aliphatic carbocycles. The molecule has 2 aromatic rings. The van der Waals surface area contributed by atoms with Crippen molar-refractivity contribution >= 4 is 11.3 Å². The van der Waals surface area contributed by atoms with Crippen molar-refractivity contribution in [2.24, 2.45) is 0 Å². The van der Waals surface area contributed by atoms with Crippen LogP contribution in [0, 0.1) is 0 Å². The van der Waals surface area contributed by atoms with E-state index in [1.165, 1.54) is 0 Å². The van der Waals surface area contributed by atoms with E-state index in [2.05, 4.69) is 22.6 Å². The number of thiazole rings is 1. The van der Waals surface area contributed by atoms with Gasteiger partial charge in [-0.1, -0.05) is 0 Å². The molecule has 1 N–H and O–H groups in total. The van der Waals surface area contributed by atoms with Crippen LogP contribution in [-0.4, -0.2) is 56.1 Å². The van der Waals surface area contributed by atoms with Crippen molar-refractivity contribution in [1.82, 2.24) is 15.2 Å². The molecular weight excluding hydrogens is 326 g/mol. The first-order chi connectivity index (χ1) is 11.8. The van der Waals surface area contributed by atoms with Crippen molar-refractivity contribution in [2.75, 3.05) is 40.1 Å². The van der Waals surface area contributed by atoms with Crippen LogP contribution in [0.1, 0.15) is 5.69 Å². The van der Waals surface area contributed by atoms with Gasteiger partial charge in [0.05, 0.1) is 18.4 Å². The third-order valence-electron chi connectivity index (χ3n) is 4.19. The highest BCUT2D eigenvalue weighted by Crippen LogP contribution is 2.36. The van der Waals surface area contributed by atoms with Gasteiger partial charge < -0.3 is 24.4 Å². The van der Waals surface area contributed by atoms with Crippen LogP contribution >= 0.6 is 11.3 Å². The standard InChI is InChI=1S/C17H21N3O3S/c1-20-4-5-21-14(9-20)8-18-7-13-10-24-17(19-13)12-2-3-15-16(6-12)23-11-22-15/h2-3,6,10,14,18H,4-5,7-9,11H2,1H3. The monoisotopic (exact) mass is 347 g/mol. The molecule has 1 saturated heterocycles. The number of hydrogen-bond acceptors (Lipinski definition) is 7. The molecule has 7 heteroatoms. The van der Waals surface area contributed by atoms with Crippen LogP contribution in [0.2, 0.25) is 0 Å². The van der Waals surface area contributed by atoms with Crippen LogP contribution in [0.4, 0.5) is 0 Å². The zero-order valence-electron chi connectivity index (χ0n) is 13.7. The first-order valence-corrected chi connectivity index (χ1v) is 9.01. The highest BCUT2D eigenvalue weighted by atomic mass is 32.1. The number of morpholine rings is 1. The Balaban J connectivity index is 1.33. The Bertz CT molecular complexity index is 706. The van der Waals surface area contributed by atoms with Gasteiger partial charge in [-0.3, -0.25) is 0 Å². The summed E-state index contributed by atoms with van der Waals surface area (Å²) >= 11 is 1.65. The lowest BCUT2D eigenvalue weighted by Gasteiger charge is -2.30. The van der Waals surface area contributed by atoms with Gasteiger partial charge in [0.25, 0.3) is 0 Å². The predicted molar refractivity (Wildman–Crippen MR) is 92.6 cm³/mol. The zero-order valence-corrected chi connectivity index (χ0v) is 14.5. The number of aromatic nitrogens is 1. The van der Waals surface area contributed by atoms with Crippen molar-refractivity contribution in [2.45, 2.75) is 12.6 Å². The van der Waals surface area contributed by atoms with E-state index in [1.807, 2.05) is 18.2 Å². The van der Waals surface area contributed by atoms with Gasteiger partial charge in [-0.2, -0.15) is 0 Å². The average Bonchev–Trinajstić information content (AvgIpc) is 3.23. The van der Waals surface area contributed by atoms with Gasteiger partial charge in [0.15, 0.2) is 11.5 Å². The molecule has 6 nitrogen and oxygen atoms in total. The molecule has 0 radical (unpaired) electrons. The molecule has 24 heavy (non-hydrogen) atoms. The van der Waals surface area contributed by atoms with E-state index in [0.717, 1.165) is 60.5 Å². The molecule has 0 bridgehead atoms. The first-order valence-electron chi connectivity index (χ1n) is 8.13. The second-order valence-electron chi connectivity index (χ2n) is 6.10. The van der Waals surface area contributed by atoms with E-state index >= 15 is 0 Å². The largest absolute Gasteiger partial charge is 0.454 e. The average molecular weight is 347 g/mol. The van der Waals surface area contributed by atoms with Gasteiger partial charge >= 0.3 is 0 Å². The fraction of sp³-hybridized carbons (Fsp3) is 0.471. The van der Waals surface area contributed by atoms with Crippen LogP contribution in [0.5, 0.6) is 11.5 Å². The predicted octanol–water partition coefficient (Wildman–Crippen LogP) is 1.96. The summed E-state index contributed by atoms with van der Waals surface area (Å²) in [4.78, 5) is 7.01. The summed E-state index contributed by atoms with van der Waals surface area (Å²) in [5.74, 6) is 1.59. The minimum Gasteiger partial charge on any atom is -0.454 e. The molecule has 1 unspecified atom stereocenters. The SMILES string of the molecule is CN1CCOC(CNCc2csc(-c3ccc4c(c3)OCO4)n2)C1. The lowest BCUT2D eigenvalue weighted by molar-refractivity contribution is -0.0182. The van der Waals surface area contributed by atoms with Crippen molar-refractivity contribution in [3.8, 4) is 22.1 Å². The number of nitrogens with one attached hydrogen (secondary N) is 1. The van der Waals surface area contributed by atoms with E-state index in [-0.39, 0.29) is 6.10 Å². The fourth-order valence-corrected chi connectivity index (χ4v) is 3.72. The van der Waals surface area contributed by atoms with Crippen molar-refractivity contribution in [3.63, 3.8) is 0 Å². The number of ether oxygens (including phenoxy) is 3. The zero-order chi connectivity index (χ0) is 16.4. The van der Waals surface area contributed by atoms with Crippen molar-refractivity contribution in [3.05, 3.63) is 29.3 Å². The van der Waals surface area contributed by atoms with Gasteiger partial charge in [-0.05, 0) is 25.2 Å². The summed E-state index contributed by atoms with van der Waals surface area (Å²) in [5, 5.41) is 6.54. The maximum atomic E-state index is 5.76. The van der Waals surface area contributed by atoms with Gasteiger partial charge in [0.1, 0.15) is 5.01 Å². The minimum absolute atomic E-state index is 0.260. The van der Waals surface area contributed by atoms with E-state index in [1.54, 1.807) is 11.3 Å². The summed E-state index contributed by atoms with van der Waals surface area (Å²) in [6.45, 7) is 4.71. The Kier molecular flexibility index (Phi) is 4.66. The second-order valence-corrected chi connectivity index (χ2v) is 6.96. The second kappa shape index (κ2) is 7.06. The molecule has 1 aromatic carbocycles. The fourth-order valence-electron chi connectivity index (χ4n) is 2.90. The number of nitrogens with zero attached hydrogens (tertiary/aromatic N) is 2. The van der Waals surface area contributed by atoms with Gasteiger partial charge in [-0.25, -0.2) is 4.98 Å². The Morgan fingerprint density at radius 3 is 3.17 bits per heavy atom. The third-order valence-corrected chi connectivity index (χ3v) is 5.13. The Morgan fingerprint density at radius 1 is 1.33 bits per heavy atom. The van der Waals surface area contributed by atoms with E-state index in [0.29, 0.717) is 6.79 Å². The van der Waals surface area contributed by atoms with Crippen LogP contribution in [-0.2, 0) is 11.3 Å². The van der Waals surface area contributed by atoms with Crippen LogP contribution < -0.4 is 14.8 Å². The van der Waals surface area contributed by atoms with Crippen LogP contribution in [0.15, 0.2) is 23.6 Å².